The van der Waals surface area contributed by atoms with Crippen molar-refractivity contribution in [3.8, 4) is 11.3 Å². The fourth-order valence-electron chi connectivity index (χ4n) is 2.16. The van der Waals surface area contributed by atoms with Gasteiger partial charge in [-0.05, 0) is 23.6 Å². The summed E-state index contributed by atoms with van der Waals surface area (Å²) in [4.78, 5) is 8.13. The Morgan fingerprint density at radius 1 is 0.800 bits per heavy atom. The third kappa shape index (κ3) is 2.83. The molecule has 0 saturated carbocycles. The monoisotopic (exact) mass is 261 g/mol. The highest BCUT2D eigenvalue weighted by atomic mass is 15.0. The van der Waals surface area contributed by atoms with Crippen LogP contribution in [0.5, 0.6) is 0 Å². The lowest BCUT2D eigenvalue weighted by Crippen LogP contribution is -1.95. The molecule has 1 heterocycles. The first-order chi connectivity index (χ1) is 9.81. The predicted octanol–water partition coefficient (Wildman–Crippen LogP) is 3.32. The van der Waals surface area contributed by atoms with E-state index in [4.69, 9.17) is 5.73 Å². The molecule has 0 radical (unpaired) electrons. The molecule has 0 amide bonds. The summed E-state index contributed by atoms with van der Waals surface area (Å²) in [6, 6.07) is 20.7. The molecule has 0 bridgehead atoms. The first-order valence-corrected chi connectivity index (χ1v) is 6.53. The van der Waals surface area contributed by atoms with Crippen LogP contribution in [0.4, 0.5) is 5.95 Å². The van der Waals surface area contributed by atoms with E-state index < -0.39 is 0 Å². The standard InChI is InChI=1S/C17H15N3/c18-17-19-11-10-16(20-17)15-8-6-14(7-9-15)12-13-4-2-1-3-5-13/h1-11H,12H2,(H2,18,19,20). The average Bonchev–Trinajstić information content (AvgIpc) is 2.49. The Hall–Kier alpha value is -2.68. The molecule has 2 N–H and O–H groups in total. The second-order valence-electron chi connectivity index (χ2n) is 4.66. The molecule has 0 atom stereocenters. The Labute approximate surface area is 118 Å². The van der Waals surface area contributed by atoms with Gasteiger partial charge >= 0.3 is 0 Å². The zero-order chi connectivity index (χ0) is 13.8. The molecule has 0 aliphatic rings. The zero-order valence-electron chi connectivity index (χ0n) is 11.0. The van der Waals surface area contributed by atoms with Crippen LogP contribution in [0.25, 0.3) is 11.3 Å². The lowest BCUT2D eigenvalue weighted by Gasteiger charge is -2.05. The predicted molar refractivity (Wildman–Crippen MR) is 81.1 cm³/mol. The van der Waals surface area contributed by atoms with Crippen molar-refractivity contribution in [3.05, 3.63) is 78.0 Å². The summed E-state index contributed by atoms with van der Waals surface area (Å²) >= 11 is 0. The van der Waals surface area contributed by atoms with E-state index in [0.717, 1.165) is 17.7 Å². The van der Waals surface area contributed by atoms with Gasteiger partial charge in [0.2, 0.25) is 5.95 Å². The Bertz CT molecular complexity index is 691. The number of anilines is 1. The molecule has 0 aliphatic heterocycles. The SMILES string of the molecule is Nc1nccc(-c2ccc(Cc3ccccc3)cc2)n1. The first kappa shape index (κ1) is 12.4. The molecular formula is C17H15N3. The minimum atomic E-state index is 0.302. The lowest BCUT2D eigenvalue weighted by molar-refractivity contribution is 1.18. The molecule has 0 saturated heterocycles. The number of nitrogens with zero attached hydrogens (tertiary/aromatic N) is 2. The summed E-state index contributed by atoms with van der Waals surface area (Å²) < 4.78 is 0. The zero-order valence-corrected chi connectivity index (χ0v) is 11.0. The second-order valence-corrected chi connectivity index (χ2v) is 4.66. The number of rotatable bonds is 3. The summed E-state index contributed by atoms with van der Waals surface area (Å²) in [7, 11) is 0. The van der Waals surface area contributed by atoms with Gasteiger partial charge in [-0.1, -0.05) is 54.6 Å². The molecule has 0 spiro atoms. The minimum absolute atomic E-state index is 0.302. The Balaban J connectivity index is 1.81. The molecule has 1 aromatic heterocycles. The lowest BCUT2D eigenvalue weighted by atomic mass is 10.0. The van der Waals surface area contributed by atoms with E-state index in [-0.39, 0.29) is 0 Å². The molecular weight excluding hydrogens is 246 g/mol. The largest absolute Gasteiger partial charge is 0.368 e. The van der Waals surface area contributed by atoms with E-state index in [2.05, 4.69) is 58.5 Å². The van der Waals surface area contributed by atoms with Crippen molar-refractivity contribution in [1.29, 1.82) is 0 Å². The number of benzene rings is 2. The van der Waals surface area contributed by atoms with Crippen molar-refractivity contribution < 1.29 is 0 Å². The molecule has 3 rings (SSSR count). The van der Waals surface area contributed by atoms with Gasteiger partial charge in [0.25, 0.3) is 0 Å². The highest BCUT2D eigenvalue weighted by molar-refractivity contribution is 5.60. The van der Waals surface area contributed by atoms with Crippen molar-refractivity contribution in [2.75, 3.05) is 5.73 Å². The number of aromatic nitrogens is 2. The number of hydrogen-bond donors (Lipinski definition) is 1. The van der Waals surface area contributed by atoms with E-state index in [1.165, 1.54) is 11.1 Å². The van der Waals surface area contributed by atoms with Crippen molar-refractivity contribution in [2.24, 2.45) is 0 Å². The van der Waals surface area contributed by atoms with Gasteiger partial charge < -0.3 is 5.73 Å². The first-order valence-electron chi connectivity index (χ1n) is 6.53. The Morgan fingerprint density at radius 3 is 2.20 bits per heavy atom. The molecule has 20 heavy (non-hydrogen) atoms. The van der Waals surface area contributed by atoms with Gasteiger partial charge in [0.15, 0.2) is 0 Å². The topological polar surface area (TPSA) is 51.8 Å². The Kier molecular flexibility index (Phi) is 3.42. The van der Waals surface area contributed by atoms with Crippen LogP contribution in [0.1, 0.15) is 11.1 Å². The van der Waals surface area contributed by atoms with Gasteiger partial charge in [0.05, 0.1) is 5.69 Å². The van der Waals surface area contributed by atoms with Crippen LogP contribution in [-0.2, 0) is 6.42 Å². The summed E-state index contributed by atoms with van der Waals surface area (Å²) in [6.07, 6.45) is 2.61. The summed E-state index contributed by atoms with van der Waals surface area (Å²) in [5.74, 6) is 0.302. The van der Waals surface area contributed by atoms with Gasteiger partial charge in [0, 0.05) is 11.8 Å². The molecule has 2 aromatic carbocycles. The van der Waals surface area contributed by atoms with E-state index in [9.17, 15) is 0 Å². The third-order valence-electron chi connectivity index (χ3n) is 3.17. The third-order valence-corrected chi connectivity index (χ3v) is 3.17. The van der Waals surface area contributed by atoms with Crippen LogP contribution in [0.2, 0.25) is 0 Å². The van der Waals surface area contributed by atoms with E-state index in [0.29, 0.717) is 5.95 Å². The normalized spacial score (nSPS) is 10.4. The van der Waals surface area contributed by atoms with Crippen LogP contribution >= 0.6 is 0 Å². The average molecular weight is 261 g/mol. The maximum absolute atomic E-state index is 5.61. The van der Waals surface area contributed by atoms with Gasteiger partial charge in [0.1, 0.15) is 0 Å². The van der Waals surface area contributed by atoms with Crippen molar-refractivity contribution in [2.45, 2.75) is 6.42 Å². The highest BCUT2D eigenvalue weighted by Crippen LogP contribution is 2.19. The summed E-state index contributed by atoms with van der Waals surface area (Å²) in [6.45, 7) is 0. The number of nitrogens with two attached hydrogens (primary N) is 1. The van der Waals surface area contributed by atoms with Gasteiger partial charge in [-0.3, -0.25) is 0 Å². The molecule has 3 nitrogen and oxygen atoms in total. The van der Waals surface area contributed by atoms with Crippen LogP contribution in [0.3, 0.4) is 0 Å². The van der Waals surface area contributed by atoms with E-state index >= 15 is 0 Å². The second kappa shape index (κ2) is 5.53. The molecule has 0 fully saturated rings. The molecule has 98 valence electrons. The number of hydrogen-bond acceptors (Lipinski definition) is 3. The molecule has 3 aromatic rings. The Morgan fingerprint density at radius 2 is 1.50 bits per heavy atom. The van der Waals surface area contributed by atoms with E-state index in [1.54, 1.807) is 6.20 Å². The smallest absolute Gasteiger partial charge is 0.220 e. The van der Waals surface area contributed by atoms with Crippen molar-refractivity contribution >= 4 is 5.95 Å². The summed E-state index contributed by atoms with van der Waals surface area (Å²) in [5, 5.41) is 0. The van der Waals surface area contributed by atoms with Gasteiger partial charge in [-0.25, -0.2) is 9.97 Å². The fourth-order valence-corrected chi connectivity index (χ4v) is 2.16. The van der Waals surface area contributed by atoms with Gasteiger partial charge in [-0.2, -0.15) is 0 Å². The minimum Gasteiger partial charge on any atom is -0.368 e. The summed E-state index contributed by atoms with van der Waals surface area (Å²) in [5.41, 5.74) is 10.1. The van der Waals surface area contributed by atoms with Crippen LogP contribution < -0.4 is 5.73 Å². The van der Waals surface area contributed by atoms with Crippen LogP contribution in [0, 0.1) is 0 Å². The maximum Gasteiger partial charge on any atom is 0.220 e. The highest BCUT2D eigenvalue weighted by Gasteiger charge is 2.01. The maximum atomic E-state index is 5.61. The fraction of sp³-hybridized carbons (Fsp3) is 0.0588. The quantitative estimate of drug-likeness (QED) is 0.787. The molecule has 0 unspecified atom stereocenters. The van der Waals surface area contributed by atoms with Crippen LogP contribution in [0.15, 0.2) is 66.9 Å². The van der Waals surface area contributed by atoms with Gasteiger partial charge in [-0.15, -0.1) is 0 Å². The van der Waals surface area contributed by atoms with E-state index in [1.807, 2.05) is 12.1 Å². The molecule has 3 heteroatoms. The van der Waals surface area contributed by atoms with Crippen molar-refractivity contribution in [1.82, 2.24) is 9.97 Å². The molecule has 0 aliphatic carbocycles. The van der Waals surface area contributed by atoms with Crippen LogP contribution in [-0.4, -0.2) is 9.97 Å². The van der Waals surface area contributed by atoms with Crippen molar-refractivity contribution in [3.63, 3.8) is 0 Å². The number of nitrogen functional groups attached to an aromatic ring is 1.